The molecule has 0 amide bonds. The van der Waals surface area contributed by atoms with Crippen molar-refractivity contribution in [1.82, 2.24) is 14.9 Å². The van der Waals surface area contributed by atoms with Crippen molar-refractivity contribution < 1.29 is 0 Å². The molecule has 2 rings (SSSR count). The minimum atomic E-state index is 0.533. The number of hydrogen-bond donors (Lipinski definition) is 1. The highest BCUT2D eigenvalue weighted by atomic mass is 15.3. The van der Waals surface area contributed by atoms with Crippen molar-refractivity contribution in [2.75, 3.05) is 13.1 Å². The van der Waals surface area contributed by atoms with Crippen LogP contribution in [0.15, 0.2) is 17.4 Å². The third-order valence-electron chi connectivity index (χ3n) is 2.94. The van der Waals surface area contributed by atoms with Crippen LogP contribution in [0.3, 0.4) is 0 Å². The Kier molecular flexibility index (Phi) is 3.90. The molecule has 1 aliphatic heterocycles. The van der Waals surface area contributed by atoms with Crippen LogP contribution in [-0.2, 0) is 6.54 Å². The summed E-state index contributed by atoms with van der Waals surface area (Å²) in [4.78, 5) is 14.8. The highest BCUT2D eigenvalue weighted by molar-refractivity contribution is 5.78. The number of piperidine rings is 1. The van der Waals surface area contributed by atoms with Crippen molar-refractivity contribution in [1.29, 1.82) is 0 Å². The number of aromatic nitrogens is 2. The van der Waals surface area contributed by atoms with E-state index in [0.29, 0.717) is 12.5 Å². The van der Waals surface area contributed by atoms with E-state index in [0.717, 1.165) is 24.5 Å². The van der Waals surface area contributed by atoms with Gasteiger partial charge in [0.1, 0.15) is 6.33 Å². The lowest BCUT2D eigenvalue weighted by Gasteiger charge is -2.27. The summed E-state index contributed by atoms with van der Waals surface area (Å²) in [5.74, 6) is 0.640. The predicted octanol–water partition coefficient (Wildman–Crippen LogP) is 1.09. The highest BCUT2D eigenvalue weighted by Gasteiger charge is 2.11. The number of aryl methyl sites for hydroxylation is 1. The molecular formula is C12H19N5. The SMILES string of the molecule is Cc1cc(CN=C(N)N2CCCCC2)ncn1. The molecule has 0 bridgehead atoms. The summed E-state index contributed by atoms with van der Waals surface area (Å²) in [6.45, 7) is 4.53. The van der Waals surface area contributed by atoms with Gasteiger partial charge < -0.3 is 10.6 Å². The Morgan fingerprint density at radius 3 is 2.82 bits per heavy atom. The summed E-state index contributed by atoms with van der Waals surface area (Å²) in [5, 5.41) is 0. The van der Waals surface area contributed by atoms with Crippen LogP contribution in [0.1, 0.15) is 30.7 Å². The van der Waals surface area contributed by atoms with Gasteiger partial charge in [0.15, 0.2) is 5.96 Å². The summed E-state index contributed by atoms with van der Waals surface area (Å²) in [7, 11) is 0. The largest absolute Gasteiger partial charge is 0.370 e. The third-order valence-corrected chi connectivity index (χ3v) is 2.94. The van der Waals surface area contributed by atoms with Gasteiger partial charge in [0.2, 0.25) is 0 Å². The average molecular weight is 233 g/mol. The lowest BCUT2D eigenvalue weighted by Crippen LogP contribution is -2.40. The Hall–Kier alpha value is -1.65. The van der Waals surface area contributed by atoms with E-state index in [4.69, 9.17) is 5.73 Å². The van der Waals surface area contributed by atoms with Gasteiger partial charge in [-0.05, 0) is 32.3 Å². The molecule has 5 heteroatoms. The van der Waals surface area contributed by atoms with Crippen molar-refractivity contribution in [2.45, 2.75) is 32.7 Å². The molecule has 0 radical (unpaired) electrons. The zero-order valence-electron chi connectivity index (χ0n) is 10.3. The second kappa shape index (κ2) is 5.61. The van der Waals surface area contributed by atoms with Crippen molar-refractivity contribution >= 4 is 5.96 Å². The monoisotopic (exact) mass is 233 g/mol. The predicted molar refractivity (Wildman–Crippen MR) is 67.5 cm³/mol. The number of guanidine groups is 1. The Morgan fingerprint density at radius 2 is 2.12 bits per heavy atom. The van der Waals surface area contributed by atoms with Crippen LogP contribution < -0.4 is 5.73 Å². The average Bonchev–Trinajstić information content (AvgIpc) is 2.37. The molecule has 0 unspecified atom stereocenters. The molecule has 1 aromatic rings. The summed E-state index contributed by atoms with van der Waals surface area (Å²) < 4.78 is 0. The molecule has 0 atom stereocenters. The van der Waals surface area contributed by atoms with Gasteiger partial charge in [-0.15, -0.1) is 0 Å². The molecule has 1 saturated heterocycles. The number of likely N-dealkylation sites (tertiary alicyclic amines) is 1. The molecule has 5 nitrogen and oxygen atoms in total. The summed E-state index contributed by atoms with van der Waals surface area (Å²) >= 11 is 0. The lowest BCUT2D eigenvalue weighted by atomic mass is 10.1. The second-order valence-electron chi connectivity index (χ2n) is 4.37. The van der Waals surface area contributed by atoms with Gasteiger partial charge in [-0.3, -0.25) is 0 Å². The Bertz CT molecular complexity index is 396. The number of nitrogens with zero attached hydrogens (tertiary/aromatic N) is 4. The molecule has 1 fully saturated rings. The third kappa shape index (κ3) is 3.41. The van der Waals surface area contributed by atoms with Crippen LogP contribution in [0.4, 0.5) is 0 Å². The Labute approximate surface area is 102 Å². The van der Waals surface area contributed by atoms with Crippen LogP contribution in [0.2, 0.25) is 0 Å². The van der Waals surface area contributed by atoms with Gasteiger partial charge in [-0.2, -0.15) is 0 Å². The fraction of sp³-hybridized carbons (Fsp3) is 0.583. The van der Waals surface area contributed by atoms with Crippen LogP contribution in [0, 0.1) is 6.92 Å². The maximum absolute atomic E-state index is 5.97. The number of nitrogens with two attached hydrogens (primary N) is 1. The molecule has 1 aliphatic rings. The number of aliphatic imine (C=N–C) groups is 1. The van der Waals surface area contributed by atoms with E-state index in [-0.39, 0.29) is 0 Å². The molecule has 2 heterocycles. The molecule has 92 valence electrons. The van der Waals surface area contributed by atoms with Gasteiger partial charge in [0.25, 0.3) is 0 Å². The minimum absolute atomic E-state index is 0.533. The molecule has 2 N–H and O–H groups in total. The van der Waals surface area contributed by atoms with Gasteiger partial charge in [0.05, 0.1) is 12.2 Å². The first-order valence-electron chi connectivity index (χ1n) is 6.08. The van der Waals surface area contributed by atoms with Crippen molar-refractivity contribution in [3.05, 3.63) is 23.8 Å². The van der Waals surface area contributed by atoms with Gasteiger partial charge >= 0.3 is 0 Å². The Morgan fingerprint density at radius 1 is 1.35 bits per heavy atom. The quantitative estimate of drug-likeness (QED) is 0.613. The van der Waals surface area contributed by atoms with Crippen LogP contribution >= 0.6 is 0 Å². The second-order valence-corrected chi connectivity index (χ2v) is 4.37. The maximum Gasteiger partial charge on any atom is 0.191 e. The molecule has 0 aromatic carbocycles. The summed E-state index contributed by atoms with van der Waals surface area (Å²) in [6.07, 6.45) is 5.29. The van der Waals surface area contributed by atoms with Crippen LogP contribution in [0.25, 0.3) is 0 Å². The fourth-order valence-corrected chi connectivity index (χ4v) is 1.98. The van der Waals surface area contributed by atoms with E-state index >= 15 is 0 Å². The standard InChI is InChI=1S/C12H19N5/c1-10-7-11(16-9-15-10)8-14-12(13)17-5-3-2-4-6-17/h7,9H,2-6,8H2,1H3,(H2,13,14). The van der Waals surface area contributed by atoms with Gasteiger partial charge in [-0.1, -0.05) is 0 Å². The van der Waals surface area contributed by atoms with Gasteiger partial charge in [0, 0.05) is 18.8 Å². The molecule has 0 spiro atoms. The normalized spacial score (nSPS) is 17.2. The fourth-order valence-electron chi connectivity index (χ4n) is 1.98. The van der Waals surface area contributed by atoms with E-state index in [1.165, 1.54) is 19.3 Å². The van der Waals surface area contributed by atoms with Crippen LogP contribution in [-0.4, -0.2) is 33.9 Å². The van der Waals surface area contributed by atoms with Crippen molar-refractivity contribution in [3.8, 4) is 0 Å². The van der Waals surface area contributed by atoms with E-state index in [2.05, 4.69) is 19.9 Å². The number of rotatable bonds is 2. The summed E-state index contributed by atoms with van der Waals surface area (Å²) in [6, 6.07) is 1.94. The molecule has 0 aliphatic carbocycles. The number of hydrogen-bond acceptors (Lipinski definition) is 3. The van der Waals surface area contributed by atoms with Crippen molar-refractivity contribution in [2.24, 2.45) is 10.7 Å². The first kappa shape index (κ1) is 11.8. The topological polar surface area (TPSA) is 67.4 Å². The van der Waals surface area contributed by atoms with E-state index in [9.17, 15) is 0 Å². The first-order chi connectivity index (χ1) is 8.25. The smallest absolute Gasteiger partial charge is 0.191 e. The zero-order chi connectivity index (χ0) is 12.1. The maximum atomic E-state index is 5.97. The first-order valence-corrected chi connectivity index (χ1v) is 6.08. The molecule has 17 heavy (non-hydrogen) atoms. The van der Waals surface area contributed by atoms with E-state index in [1.54, 1.807) is 6.33 Å². The van der Waals surface area contributed by atoms with Gasteiger partial charge in [-0.25, -0.2) is 15.0 Å². The lowest BCUT2D eigenvalue weighted by molar-refractivity contribution is 0.338. The van der Waals surface area contributed by atoms with Crippen molar-refractivity contribution in [3.63, 3.8) is 0 Å². The summed E-state index contributed by atoms with van der Waals surface area (Å²) in [5.41, 5.74) is 7.84. The zero-order valence-corrected chi connectivity index (χ0v) is 10.3. The molecular weight excluding hydrogens is 214 g/mol. The molecule has 1 aromatic heterocycles. The van der Waals surface area contributed by atoms with Crippen LogP contribution in [0.5, 0.6) is 0 Å². The highest BCUT2D eigenvalue weighted by Crippen LogP contribution is 2.08. The minimum Gasteiger partial charge on any atom is -0.370 e. The van der Waals surface area contributed by atoms with E-state index < -0.39 is 0 Å². The Balaban J connectivity index is 1.95. The van der Waals surface area contributed by atoms with E-state index in [1.807, 2.05) is 13.0 Å². The molecule has 0 saturated carbocycles.